The van der Waals surface area contributed by atoms with Gasteiger partial charge in [-0.05, 0) is 31.0 Å². The van der Waals surface area contributed by atoms with E-state index in [-0.39, 0.29) is 11.5 Å². The molecule has 0 aliphatic carbocycles. The van der Waals surface area contributed by atoms with Crippen LogP contribution >= 0.6 is 0 Å². The fraction of sp³-hybridized carbons (Fsp3) is 0.118. The van der Waals surface area contributed by atoms with E-state index in [2.05, 4.69) is 10.2 Å². The van der Waals surface area contributed by atoms with Crippen LogP contribution < -0.4 is 5.73 Å². The van der Waals surface area contributed by atoms with Gasteiger partial charge >= 0.3 is 0 Å². The summed E-state index contributed by atoms with van der Waals surface area (Å²) in [5.74, 6) is -0.206. The molecule has 3 rings (SSSR count). The Hall–Kier alpha value is -2.75. The van der Waals surface area contributed by atoms with Gasteiger partial charge in [0.15, 0.2) is 5.69 Å². The number of nitrogen functional groups attached to an aromatic ring is 1. The lowest BCUT2D eigenvalue weighted by Gasteiger charge is -2.09. The molecule has 0 atom stereocenters. The number of carbonyl (C=O) groups excluding carboxylic acids is 1. The van der Waals surface area contributed by atoms with Crippen LogP contribution in [0, 0.1) is 13.8 Å². The standard InChI is InChI=1S/C17H15N3O/c1-10-8-11(2)14-13(9-10)19-20-16(15(14)18)17(21)12-6-4-3-5-7-12/h3-9H,1-2H3,(H2,18,19). The zero-order chi connectivity index (χ0) is 15.0. The van der Waals surface area contributed by atoms with Crippen molar-refractivity contribution in [3.8, 4) is 0 Å². The maximum atomic E-state index is 12.5. The molecule has 21 heavy (non-hydrogen) atoms. The van der Waals surface area contributed by atoms with E-state index in [1.165, 1.54) is 0 Å². The molecule has 0 amide bonds. The molecule has 0 fully saturated rings. The van der Waals surface area contributed by atoms with E-state index in [1.807, 2.05) is 44.2 Å². The minimum Gasteiger partial charge on any atom is -0.396 e. The number of nitrogens with two attached hydrogens (primary N) is 1. The maximum Gasteiger partial charge on any atom is 0.215 e. The molecule has 4 heteroatoms. The van der Waals surface area contributed by atoms with E-state index >= 15 is 0 Å². The predicted molar refractivity (Wildman–Crippen MR) is 83.3 cm³/mol. The third kappa shape index (κ3) is 2.25. The topological polar surface area (TPSA) is 68.9 Å². The third-order valence-corrected chi connectivity index (χ3v) is 3.49. The summed E-state index contributed by atoms with van der Waals surface area (Å²) >= 11 is 0. The average Bonchev–Trinajstić information content (AvgIpc) is 2.47. The van der Waals surface area contributed by atoms with E-state index < -0.39 is 0 Å². The summed E-state index contributed by atoms with van der Waals surface area (Å²) in [7, 11) is 0. The second kappa shape index (κ2) is 4.98. The Morgan fingerprint density at radius 3 is 2.48 bits per heavy atom. The van der Waals surface area contributed by atoms with Crippen molar-refractivity contribution in [2.45, 2.75) is 13.8 Å². The Morgan fingerprint density at radius 2 is 1.76 bits per heavy atom. The minimum absolute atomic E-state index is 0.206. The average molecular weight is 277 g/mol. The molecule has 0 radical (unpaired) electrons. The molecule has 0 saturated heterocycles. The zero-order valence-electron chi connectivity index (χ0n) is 11.9. The first-order valence-electron chi connectivity index (χ1n) is 6.71. The van der Waals surface area contributed by atoms with Crippen LogP contribution in [0.3, 0.4) is 0 Å². The molecule has 104 valence electrons. The number of aromatic nitrogens is 2. The first-order valence-corrected chi connectivity index (χ1v) is 6.71. The Labute approximate surface area is 122 Å². The van der Waals surface area contributed by atoms with Gasteiger partial charge in [-0.2, -0.15) is 0 Å². The lowest BCUT2D eigenvalue weighted by Crippen LogP contribution is -2.10. The lowest BCUT2D eigenvalue weighted by atomic mass is 10.0. The maximum absolute atomic E-state index is 12.5. The van der Waals surface area contributed by atoms with Gasteiger partial charge in [-0.3, -0.25) is 4.79 Å². The van der Waals surface area contributed by atoms with Crippen molar-refractivity contribution in [2.24, 2.45) is 0 Å². The monoisotopic (exact) mass is 277 g/mol. The SMILES string of the molecule is Cc1cc(C)c2c(N)c(C(=O)c3ccccc3)nnc2c1. The molecule has 0 unspecified atom stereocenters. The van der Waals surface area contributed by atoms with Gasteiger partial charge in [0.05, 0.1) is 11.2 Å². The summed E-state index contributed by atoms with van der Waals surface area (Å²) in [5, 5.41) is 9.00. The van der Waals surface area contributed by atoms with Gasteiger partial charge in [-0.15, -0.1) is 10.2 Å². The molecule has 0 saturated carbocycles. The fourth-order valence-corrected chi connectivity index (χ4v) is 2.54. The van der Waals surface area contributed by atoms with Gasteiger partial charge in [-0.1, -0.05) is 36.4 Å². The largest absolute Gasteiger partial charge is 0.396 e. The molecule has 3 aromatic rings. The number of carbonyl (C=O) groups is 1. The molecule has 0 aliphatic heterocycles. The molecule has 2 aromatic carbocycles. The van der Waals surface area contributed by atoms with Crippen LogP contribution in [-0.4, -0.2) is 16.0 Å². The molecule has 4 nitrogen and oxygen atoms in total. The second-order valence-corrected chi connectivity index (χ2v) is 5.13. The number of anilines is 1. The van der Waals surface area contributed by atoms with Crippen LogP contribution in [0.15, 0.2) is 42.5 Å². The van der Waals surface area contributed by atoms with Crippen molar-refractivity contribution in [1.82, 2.24) is 10.2 Å². The Morgan fingerprint density at radius 1 is 1.05 bits per heavy atom. The van der Waals surface area contributed by atoms with Gasteiger partial charge < -0.3 is 5.73 Å². The van der Waals surface area contributed by atoms with E-state index in [1.54, 1.807) is 12.1 Å². The van der Waals surface area contributed by atoms with E-state index in [9.17, 15) is 4.79 Å². The summed E-state index contributed by atoms with van der Waals surface area (Å²) in [6.45, 7) is 3.96. The number of fused-ring (bicyclic) bond motifs is 1. The summed E-state index contributed by atoms with van der Waals surface area (Å²) in [5.41, 5.74) is 10.2. The first-order chi connectivity index (χ1) is 10.1. The van der Waals surface area contributed by atoms with E-state index in [4.69, 9.17) is 5.73 Å². The first kappa shape index (κ1) is 13.2. The van der Waals surface area contributed by atoms with E-state index in [0.717, 1.165) is 22.0 Å². The quantitative estimate of drug-likeness (QED) is 0.731. The Balaban J connectivity index is 2.21. The molecular formula is C17H15N3O. The number of benzene rings is 2. The van der Waals surface area contributed by atoms with Gasteiger partial charge in [-0.25, -0.2) is 0 Å². The smallest absolute Gasteiger partial charge is 0.215 e. The molecule has 0 spiro atoms. The summed E-state index contributed by atoms with van der Waals surface area (Å²) in [4.78, 5) is 12.5. The number of ketones is 1. The molecular weight excluding hydrogens is 262 g/mol. The van der Waals surface area contributed by atoms with Crippen LogP contribution in [0.5, 0.6) is 0 Å². The van der Waals surface area contributed by atoms with Gasteiger partial charge in [0.1, 0.15) is 0 Å². The van der Waals surface area contributed by atoms with Crippen molar-refractivity contribution < 1.29 is 4.79 Å². The van der Waals surface area contributed by atoms with Crippen LogP contribution in [0.2, 0.25) is 0 Å². The molecule has 1 heterocycles. The number of hydrogen-bond donors (Lipinski definition) is 1. The highest BCUT2D eigenvalue weighted by Gasteiger charge is 2.18. The van der Waals surface area contributed by atoms with Crippen molar-refractivity contribution >= 4 is 22.4 Å². The predicted octanol–water partition coefficient (Wildman–Crippen LogP) is 3.06. The summed E-state index contributed by atoms with van der Waals surface area (Å²) in [6.07, 6.45) is 0. The van der Waals surface area contributed by atoms with Gasteiger partial charge in [0.2, 0.25) is 5.78 Å². The van der Waals surface area contributed by atoms with Crippen molar-refractivity contribution in [3.63, 3.8) is 0 Å². The Bertz CT molecular complexity index is 842. The Kier molecular flexibility index (Phi) is 3.14. The lowest BCUT2D eigenvalue weighted by molar-refractivity contribution is 0.103. The van der Waals surface area contributed by atoms with Crippen LogP contribution in [-0.2, 0) is 0 Å². The fourth-order valence-electron chi connectivity index (χ4n) is 2.54. The zero-order valence-corrected chi connectivity index (χ0v) is 11.9. The highest BCUT2D eigenvalue weighted by atomic mass is 16.1. The molecule has 0 bridgehead atoms. The normalized spacial score (nSPS) is 10.8. The van der Waals surface area contributed by atoms with Crippen molar-refractivity contribution in [1.29, 1.82) is 0 Å². The number of nitrogens with zero attached hydrogens (tertiary/aromatic N) is 2. The van der Waals surface area contributed by atoms with Crippen LogP contribution in [0.1, 0.15) is 27.2 Å². The van der Waals surface area contributed by atoms with Crippen LogP contribution in [0.4, 0.5) is 5.69 Å². The molecule has 0 aliphatic rings. The van der Waals surface area contributed by atoms with E-state index in [0.29, 0.717) is 11.3 Å². The van der Waals surface area contributed by atoms with Crippen molar-refractivity contribution in [2.75, 3.05) is 5.73 Å². The summed E-state index contributed by atoms with van der Waals surface area (Å²) in [6, 6.07) is 12.9. The van der Waals surface area contributed by atoms with Crippen molar-refractivity contribution in [3.05, 3.63) is 64.8 Å². The van der Waals surface area contributed by atoms with Gasteiger partial charge in [0.25, 0.3) is 0 Å². The second-order valence-electron chi connectivity index (χ2n) is 5.13. The third-order valence-electron chi connectivity index (χ3n) is 3.49. The van der Waals surface area contributed by atoms with Gasteiger partial charge in [0, 0.05) is 10.9 Å². The van der Waals surface area contributed by atoms with Crippen LogP contribution in [0.25, 0.3) is 10.9 Å². The molecule has 2 N–H and O–H groups in total. The number of hydrogen-bond acceptors (Lipinski definition) is 4. The number of rotatable bonds is 2. The minimum atomic E-state index is -0.206. The molecule has 1 aromatic heterocycles. The number of aryl methyl sites for hydroxylation is 2. The highest BCUT2D eigenvalue weighted by Crippen LogP contribution is 2.27. The highest BCUT2D eigenvalue weighted by molar-refractivity contribution is 6.14. The summed E-state index contributed by atoms with van der Waals surface area (Å²) < 4.78 is 0.